The molecular formula is C27H27FO5. The van der Waals surface area contributed by atoms with Crippen LogP contribution in [0.5, 0.6) is 17.2 Å². The molecule has 0 saturated heterocycles. The number of hydrogen-bond donors (Lipinski definition) is 2. The fourth-order valence-corrected chi connectivity index (χ4v) is 3.33. The Morgan fingerprint density at radius 3 is 2.33 bits per heavy atom. The molecule has 3 aromatic rings. The van der Waals surface area contributed by atoms with Crippen molar-refractivity contribution in [2.75, 3.05) is 13.2 Å². The molecule has 0 aliphatic heterocycles. The van der Waals surface area contributed by atoms with Gasteiger partial charge in [0, 0.05) is 29.2 Å². The Balaban J connectivity index is 1.60. The summed E-state index contributed by atoms with van der Waals surface area (Å²) in [6, 6.07) is 16.7. The topological polar surface area (TPSA) is 76.0 Å². The number of phenols is 1. The van der Waals surface area contributed by atoms with Crippen molar-refractivity contribution >= 4 is 12.0 Å². The number of carboxylic acid groups (broad SMARTS) is 1. The van der Waals surface area contributed by atoms with Crippen LogP contribution in [0.25, 0.3) is 17.2 Å². The van der Waals surface area contributed by atoms with E-state index in [4.69, 9.17) is 14.6 Å². The molecule has 0 bridgehead atoms. The third-order valence-electron chi connectivity index (χ3n) is 5.15. The molecule has 0 aliphatic rings. The van der Waals surface area contributed by atoms with Gasteiger partial charge in [-0.25, -0.2) is 9.18 Å². The lowest BCUT2D eigenvalue weighted by atomic mass is 10.00. The minimum Gasteiger partial charge on any atom is -0.507 e. The van der Waals surface area contributed by atoms with Crippen molar-refractivity contribution in [3.8, 4) is 28.4 Å². The van der Waals surface area contributed by atoms with Gasteiger partial charge in [0.25, 0.3) is 0 Å². The monoisotopic (exact) mass is 450 g/mol. The molecular weight excluding hydrogens is 423 g/mol. The van der Waals surface area contributed by atoms with Gasteiger partial charge in [-0.05, 0) is 54.8 Å². The van der Waals surface area contributed by atoms with Crippen LogP contribution in [0.15, 0.2) is 66.2 Å². The summed E-state index contributed by atoms with van der Waals surface area (Å²) >= 11 is 0. The maximum absolute atomic E-state index is 13.2. The lowest BCUT2D eigenvalue weighted by Gasteiger charge is -2.15. The molecule has 172 valence electrons. The maximum atomic E-state index is 13.2. The number of aromatic hydroxyl groups is 1. The first-order valence-corrected chi connectivity index (χ1v) is 10.8. The minimum atomic E-state index is -0.973. The van der Waals surface area contributed by atoms with Crippen molar-refractivity contribution in [1.82, 2.24) is 0 Å². The minimum absolute atomic E-state index is 0.0690. The summed E-state index contributed by atoms with van der Waals surface area (Å²) < 4.78 is 24.9. The van der Waals surface area contributed by atoms with Crippen molar-refractivity contribution in [3.05, 3.63) is 83.2 Å². The first-order chi connectivity index (χ1) is 15.9. The third kappa shape index (κ3) is 6.35. The maximum Gasteiger partial charge on any atom is 0.331 e. The van der Waals surface area contributed by atoms with E-state index in [1.165, 1.54) is 19.1 Å². The van der Waals surface area contributed by atoms with Gasteiger partial charge in [-0.1, -0.05) is 37.3 Å². The van der Waals surface area contributed by atoms with Crippen LogP contribution in [0.3, 0.4) is 0 Å². The molecule has 0 aliphatic carbocycles. The summed E-state index contributed by atoms with van der Waals surface area (Å²) in [4.78, 5) is 11.1. The van der Waals surface area contributed by atoms with Gasteiger partial charge in [0.2, 0.25) is 0 Å². The van der Waals surface area contributed by atoms with Crippen LogP contribution in [0.2, 0.25) is 0 Å². The second kappa shape index (κ2) is 11.2. The van der Waals surface area contributed by atoms with Crippen molar-refractivity contribution < 1.29 is 28.9 Å². The van der Waals surface area contributed by atoms with Gasteiger partial charge in [0.05, 0.1) is 13.2 Å². The van der Waals surface area contributed by atoms with Gasteiger partial charge >= 0.3 is 5.97 Å². The van der Waals surface area contributed by atoms with E-state index in [2.05, 4.69) is 0 Å². The van der Waals surface area contributed by atoms with Crippen LogP contribution >= 0.6 is 0 Å². The highest BCUT2D eigenvalue weighted by Crippen LogP contribution is 2.36. The summed E-state index contributed by atoms with van der Waals surface area (Å²) in [5.41, 5.74) is 3.23. The largest absolute Gasteiger partial charge is 0.507 e. The fourth-order valence-electron chi connectivity index (χ4n) is 3.33. The molecule has 0 radical (unpaired) electrons. The number of phenolic OH excluding ortho intramolecular Hbond substituents is 1. The van der Waals surface area contributed by atoms with Gasteiger partial charge in [0.1, 0.15) is 23.1 Å². The molecule has 0 saturated carbocycles. The fraction of sp³-hybridized carbons (Fsp3) is 0.222. The molecule has 0 atom stereocenters. The second-order valence-corrected chi connectivity index (χ2v) is 7.56. The van der Waals surface area contributed by atoms with Gasteiger partial charge in [-0.15, -0.1) is 0 Å². The predicted molar refractivity (Wildman–Crippen MR) is 126 cm³/mol. The zero-order chi connectivity index (χ0) is 23.8. The number of halogens is 1. The average molecular weight is 451 g/mol. The van der Waals surface area contributed by atoms with Crippen LogP contribution in [0.4, 0.5) is 4.39 Å². The second-order valence-electron chi connectivity index (χ2n) is 7.56. The molecule has 0 fully saturated rings. The first kappa shape index (κ1) is 23.9. The molecule has 6 heteroatoms. The molecule has 5 nitrogen and oxygen atoms in total. The van der Waals surface area contributed by atoms with Gasteiger partial charge in [-0.3, -0.25) is 0 Å². The lowest BCUT2D eigenvalue weighted by Crippen LogP contribution is -2.07. The molecule has 0 spiro atoms. The summed E-state index contributed by atoms with van der Waals surface area (Å²) in [5, 5.41) is 19.6. The Kier molecular flexibility index (Phi) is 8.08. The van der Waals surface area contributed by atoms with Crippen LogP contribution in [0.1, 0.15) is 31.4 Å². The Morgan fingerprint density at radius 2 is 1.67 bits per heavy atom. The number of rotatable bonds is 10. The molecule has 0 aromatic heterocycles. The van der Waals surface area contributed by atoms with Gasteiger partial charge in [-0.2, -0.15) is 0 Å². The Morgan fingerprint density at radius 1 is 1.00 bits per heavy atom. The summed E-state index contributed by atoms with van der Waals surface area (Å²) in [7, 11) is 0. The highest BCUT2D eigenvalue weighted by Gasteiger charge is 2.12. The van der Waals surface area contributed by atoms with E-state index < -0.39 is 5.97 Å². The summed E-state index contributed by atoms with van der Waals surface area (Å²) in [6.45, 7) is 4.31. The average Bonchev–Trinajstić information content (AvgIpc) is 2.80. The standard InChI is InChI=1S/C27H27FO5/c1-3-19-16-23(20-9-11-22(28)12-10-20)24(29)17-26(19)33-14-6-13-32-25-8-5-4-7-21(25)15-18(2)27(30)31/h4-5,7-12,15-17,29H,3,6,13-14H2,1-2H3,(H,30,31). The van der Waals surface area contributed by atoms with E-state index in [1.54, 1.807) is 36.4 Å². The Bertz CT molecular complexity index is 1140. The molecule has 2 N–H and O–H groups in total. The van der Waals surface area contributed by atoms with E-state index in [9.17, 15) is 14.3 Å². The smallest absolute Gasteiger partial charge is 0.331 e. The van der Waals surface area contributed by atoms with Crippen LogP contribution in [-0.2, 0) is 11.2 Å². The van der Waals surface area contributed by atoms with E-state index in [0.29, 0.717) is 48.7 Å². The number of para-hydroxylation sites is 1. The summed E-state index contributed by atoms with van der Waals surface area (Å²) in [5.74, 6) is -0.0279. The highest BCUT2D eigenvalue weighted by atomic mass is 19.1. The number of carbonyl (C=O) groups is 1. The predicted octanol–water partition coefficient (Wildman–Crippen LogP) is 6.10. The molecule has 0 unspecified atom stereocenters. The molecule has 3 rings (SSSR count). The normalized spacial score (nSPS) is 11.3. The van der Waals surface area contributed by atoms with E-state index >= 15 is 0 Å². The molecule has 0 heterocycles. The SMILES string of the molecule is CCc1cc(-c2ccc(F)cc2)c(O)cc1OCCCOc1ccccc1C=C(C)C(=O)O. The van der Waals surface area contributed by atoms with Crippen molar-refractivity contribution in [2.24, 2.45) is 0 Å². The zero-order valence-electron chi connectivity index (χ0n) is 18.7. The number of carboxylic acids is 1. The summed E-state index contributed by atoms with van der Waals surface area (Å²) in [6.07, 6.45) is 2.88. The highest BCUT2D eigenvalue weighted by molar-refractivity contribution is 5.91. The van der Waals surface area contributed by atoms with Gasteiger partial charge in [0.15, 0.2) is 0 Å². The molecule has 33 heavy (non-hydrogen) atoms. The Labute approximate surface area is 192 Å². The number of ether oxygens (including phenoxy) is 2. The third-order valence-corrected chi connectivity index (χ3v) is 5.15. The van der Waals surface area contributed by atoms with Crippen LogP contribution < -0.4 is 9.47 Å². The van der Waals surface area contributed by atoms with Crippen molar-refractivity contribution in [1.29, 1.82) is 0 Å². The van der Waals surface area contributed by atoms with Crippen LogP contribution in [0, 0.1) is 5.82 Å². The molecule has 0 amide bonds. The van der Waals surface area contributed by atoms with Gasteiger partial charge < -0.3 is 19.7 Å². The lowest BCUT2D eigenvalue weighted by molar-refractivity contribution is -0.132. The van der Waals surface area contributed by atoms with Crippen LogP contribution in [-0.4, -0.2) is 29.4 Å². The number of hydrogen-bond acceptors (Lipinski definition) is 4. The zero-order valence-corrected chi connectivity index (χ0v) is 18.7. The van der Waals surface area contributed by atoms with Crippen molar-refractivity contribution in [3.63, 3.8) is 0 Å². The Hall–Kier alpha value is -3.80. The molecule has 3 aromatic carbocycles. The van der Waals surface area contributed by atoms with Crippen molar-refractivity contribution in [2.45, 2.75) is 26.7 Å². The van der Waals surface area contributed by atoms with E-state index in [-0.39, 0.29) is 17.1 Å². The number of benzene rings is 3. The van der Waals surface area contributed by atoms with E-state index in [0.717, 1.165) is 11.1 Å². The number of aliphatic carboxylic acids is 1. The van der Waals surface area contributed by atoms with E-state index in [1.807, 2.05) is 25.1 Å². The number of aryl methyl sites for hydroxylation is 1. The quantitative estimate of drug-likeness (QED) is 0.288. The first-order valence-electron chi connectivity index (χ1n) is 10.8.